The fourth-order valence-electron chi connectivity index (χ4n) is 6.12. The minimum atomic E-state index is -2.55. The number of pyridine rings is 1. The Labute approximate surface area is 255 Å². The number of nitriles is 1. The van der Waals surface area contributed by atoms with Crippen LogP contribution in [-0.2, 0) is 0 Å². The molecule has 0 spiro atoms. The zero-order valence-corrected chi connectivity index (χ0v) is 23.7. The molecule has 0 N–H and O–H groups in total. The summed E-state index contributed by atoms with van der Waals surface area (Å²) in [6.07, 6.45) is 4.36. The lowest BCUT2D eigenvalue weighted by molar-refractivity contribution is 0.224. The summed E-state index contributed by atoms with van der Waals surface area (Å²) < 4.78 is 58.8. The summed E-state index contributed by atoms with van der Waals surface area (Å²) in [5.74, 6) is -0.892. The van der Waals surface area contributed by atoms with E-state index in [2.05, 4.69) is 24.9 Å². The second-order valence-electron chi connectivity index (χ2n) is 11.9. The summed E-state index contributed by atoms with van der Waals surface area (Å²) >= 11 is 0. The Morgan fingerprint density at radius 2 is 1.67 bits per heavy atom. The maximum absolute atomic E-state index is 9.96. The average Bonchev–Trinajstić information content (AvgIpc) is 3.44. The largest absolute Gasteiger partial charge is 0.455 e. The first kappa shape index (κ1) is 20.2. The SMILES string of the molecule is [2H]c1cc(C2([2H])CCC(C)(C)CC2)cc([2H])c1-c1cc(-c2cccc3c2oc2c(-c4ccccc4)c(C#N)ccc23)ncc1C([2H])([2H])[2H]. The van der Waals surface area contributed by atoms with Crippen LogP contribution in [0.3, 0.4) is 0 Å². The molecule has 7 rings (SSSR count). The number of fused-ring (bicyclic) bond motifs is 3. The molecule has 2 aromatic heterocycles. The van der Waals surface area contributed by atoms with E-state index in [1.807, 2.05) is 54.6 Å². The van der Waals surface area contributed by atoms with Crippen LogP contribution in [0, 0.1) is 23.6 Å². The van der Waals surface area contributed by atoms with Crippen molar-refractivity contribution >= 4 is 21.9 Å². The maximum Gasteiger partial charge on any atom is 0.144 e. The van der Waals surface area contributed by atoms with Gasteiger partial charge in [0.25, 0.3) is 0 Å². The summed E-state index contributed by atoms with van der Waals surface area (Å²) in [4.78, 5) is 4.59. The number of furan rings is 1. The Balaban J connectivity index is 1.41. The highest BCUT2D eigenvalue weighted by atomic mass is 16.3. The molecule has 1 aliphatic rings. The van der Waals surface area contributed by atoms with Crippen LogP contribution in [0.5, 0.6) is 0 Å². The van der Waals surface area contributed by atoms with Crippen LogP contribution in [-0.4, -0.2) is 4.98 Å². The summed E-state index contributed by atoms with van der Waals surface area (Å²) in [7, 11) is 0. The van der Waals surface area contributed by atoms with Crippen LogP contribution in [0.4, 0.5) is 0 Å². The van der Waals surface area contributed by atoms with Gasteiger partial charge in [-0.15, -0.1) is 0 Å². The fourth-order valence-corrected chi connectivity index (χ4v) is 6.12. The zero-order chi connectivity index (χ0) is 34.0. The molecule has 2 heterocycles. The molecule has 0 unspecified atom stereocenters. The highest BCUT2D eigenvalue weighted by molar-refractivity contribution is 6.13. The first-order valence-corrected chi connectivity index (χ1v) is 14.4. The lowest BCUT2D eigenvalue weighted by atomic mass is 9.71. The summed E-state index contributed by atoms with van der Waals surface area (Å²) in [6.45, 7) is 1.86. The molecule has 1 saturated carbocycles. The third kappa shape index (κ3) is 4.58. The number of aryl methyl sites for hydroxylation is 1. The van der Waals surface area contributed by atoms with E-state index in [1.54, 1.807) is 24.3 Å². The van der Waals surface area contributed by atoms with Gasteiger partial charge in [-0.1, -0.05) is 80.5 Å². The Hall–Kier alpha value is -4.68. The van der Waals surface area contributed by atoms with Crippen LogP contribution in [0.1, 0.15) is 70.3 Å². The number of hydrogen-bond donors (Lipinski definition) is 0. The first-order chi connectivity index (χ1) is 22.8. The molecule has 1 fully saturated rings. The molecule has 1 aliphatic carbocycles. The second kappa shape index (κ2) is 10.3. The molecule has 3 heteroatoms. The predicted octanol–water partition coefficient (Wildman–Crippen LogP) is 10.8. The molecular formula is C39H34N2O. The van der Waals surface area contributed by atoms with Gasteiger partial charge in [0.2, 0.25) is 0 Å². The normalized spacial score (nSPS) is 18.3. The molecule has 0 aliphatic heterocycles. The fraction of sp³-hybridized carbons (Fsp3) is 0.231. The summed E-state index contributed by atoms with van der Waals surface area (Å²) in [6, 6.07) is 26.2. The predicted molar refractivity (Wildman–Crippen MR) is 172 cm³/mol. The highest BCUT2D eigenvalue weighted by Crippen LogP contribution is 2.44. The lowest BCUT2D eigenvalue weighted by Crippen LogP contribution is -2.20. The molecule has 0 bridgehead atoms. The standard InChI is InChI=1S/C39H34N2O/c1-25-24-41-35(22-34(25)28-14-12-26(13-15-28)27-18-20-39(2,3)21-19-27)33-11-7-10-31-32-17-16-30(23-40)36(38(32)42-37(31)33)29-8-5-4-6-9-29/h4-17,22,24,27H,18-21H2,1-3H3/i1D3,14D,15D,27D. The number of para-hydroxylation sites is 1. The average molecular weight is 553 g/mol. The van der Waals surface area contributed by atoms with Gasteiger partial charge in [-0.2, -0.15) is 5.26 Å². The summed E-state index contributed by atoms with van der Waals surface area (Å²) in [5.41, 5.74) is 5.31. The van der Waals surface area contributed by atoms with E-state index >= 15 is 0 Å². The molecule has 0 radical (unpaired) electrons. The van der Waals surface area contributed by atoms with Crippen molar-refractivity contribution in [3.63, 3.8) is 0 Å². The molecule has 0 saturated heterocycles. The van der Waals surface area contributed by atoms with E-state index in [1.165, 1.54) is 6.20 Å². The van der Waals surface area contributed by atoms with Gasteiger partial charge < -0.3 is 4.42 Å². The van der Waals surface area contributed by atoms with Crippen LogP contribution < -0.4 is 0 Å². The van der Waals surface area contributed by atoms with Gasteiger partial charge in [0, 0.05) is 33.6 Å². The van der Waals surface area contributed by atoms with Crippen LogP contribution >= 0.6 is 0 Å². The minimum Gasteiger partial charge on any atom is -0.455 e. The molecule has 6 aromatic rings. The molecule has 206 valence electrons. The number of nitrogens with zero attached hydrogens (tertiary/aromatic N) is 2. The lowest BCUT2D eigenvalue weighted by Gasteiger charge is -2.34. The van der Waals surface area contributed by atoms with Crippen molar-refractivity contribution in [3.05, 3.63) is 114 Å². The van der Waals surface area contributed by atoms with E-state index in [0.29, 0.717) is 52.0 Å². The molecule has 4 aromatic carbocycles. The van der Waals surface area contributed by atoms with Gasteiger partial charge in [0.1, 0.15) is 11.2 Å². The van der Waals surface area contributed by atoms with Gasteiger partial charge in [-0.3, -0.25) is 4.98 Å². The molecule has 42 heavy (non-hydrogen) atoms. The van der Waals surface area contributed by atoms with Crippen molar-refractivity contribution in [2.24, 2.45) is 5.41 Å². The smallest absolute Gasteiger partial charge is 0.144 e. The summed E-state index contributed by atoms with van der Waals surface area (Å²) in [5, 5.41) is 11.6. The van der Waals surface area contributed by atoms with Gasteiger partial charge >= 0.3 is 0 Å². The van der Waals surface area contributed by atoms with Crippen LogP contribution in [0.25, 0.3) is 55.4 Å². The van der Waals surface area contributed by atoms with Gasteiger partial charge in [0.15, 0.2) is 0 Å². The van der Waals surface area contributed by atoms with Crippen LogP contribution in [0.15, 0.2) is 102 Å². The molecule has 3 nitrogen and oxygen atoms in total. The number of rotatable bonds is 4. The monoisotopic (exact) mass is 552 g/mol. The van der Waals surface area contributed by atoms with Crippen molar-refractivity contribution in [2.45, 2.75) is 52.3 Å². The van der Waals surface area contributed by atoms with Crippen molar-refractivity contribution in [1.82, 2.24) is 4.98 Å². The van der Waals surface area contributed by atoms with E-state index in [0.717, 1.165) is 29.2 Å². The van der Waals surface area contributed by atoms with E-state index < -0.39 is 12.7 Å². The van der Waals surface area contributed by atoms with Crippen molar-refractivity contribution in [3.8, 4) is 39.6 Å². The third-order valence-electron chi connectivity index (χ3n) is 8.66. The quantitative estimate of drug-likeness (QED) is 0.218. The highest BCUT2D eigenvalue weighted by Gasteiger charge is 2.27. The van der Waals surface area contributed by atoms with E-state index in [-0.39, 0.29) is 34.2 Å². The van der Waals surface area contributed by atoms with Gasteiger partial charge in [-0.25, -0.2) is 0 Å². The Bertz CT molecular complexity index is 2230. The van der Waals surface area contributed by atoms with Crippen LogP contribution in [0.2, 0.25) is 0 Å². The van der Waals surface area contributed by atoms with Crippen molar-refractivity contribution in [2.75, 3.05) is 0 Å². The maximum atomic E-state index is 9.96. The number of aromatic nitrogens is 1. The van der Waals surface area contributed by atoms with E-state index in [4.69, 9.17) is 11.3 Å². The van der Waals surface area contributed by atoms with Crippen molar-refractivity contribution < 1.29 is 12.6 Å². The first-order valence-electron chi connectivity index (χ1n) is 17.4. The van der Waals surface area contributed by atoms with E-state index in [9.17, 15) is 6.63 Å². The zero-order valence-electron chi connectivity index (χ0n) is 29.7. The topological polar surface area (TPSA) is 49.8 Å². The van der Waals surface area contributed by atoms with Crippen molar-refractivity contribution in [1.29, 1.82) is 5.26 Å². The van der Waals surface area contributed by atoms with Gasteiger partial charge in [0.05, 0.1) is 20.1 Å². The third-order valence-corrected chi connectivity index (χ3v) is 8.66. The molecule has 0 atom stereocenters. The second-order valence-corrected chi connectivity index (χ2v) is 11.9. The van der Waals surface area contributed by atoms with Gasteiger partial charge in [-0.05, 0) is 95.9 Å². The number of hydrogen-bond acceptors (Lipinski definition) is 3. The number of benzene rings is 4. The molecule has 0 amide bonds. The Morgan fingerprint density at radius 3 is 2.40 bits per heavy atom. The Morgan fingerprint density at radius 1 is 0.905 bits per heavy atom. The Kier molecular flexibility index (Phi) is 4.96. The minimum absolute atomic E-state index is 0.00934. The molecular weight excluding hydrogens is 512 g/mol.